The molecule has 0 radical (unpaired) electrons. The van der Waals surface area contributed by atoms with E-state index >= 15 is 0 Å². The number of hydrogen-bond donors (Lipinski definition) is 2. The van der Waals surface area contributed by atoms with Crippen molar-refractivity contribution in [1.29, 1.82) is 0 Å². The largest absolute Gasteiger partial charge is 0.334 e. The number of hydrogen-bond acceptors (Lipinski definition) is 5. The molecule has 2 atom stereocenters. The second-order valence-corrected chi connectivity index (χ2v) is 5.69. The van der Waals surface area contributed by atoms with Crippen LogP contribution in [0.1, 0.15) is 49.0 Å². The number of nitrogen functional groups attached to an aromatic ring is 1. The van der Waals surface area contributed by atoms with Gasteiger partial charge in [0.05, 0.1) is 12.4 Å². The van der Waals surface area contributed by atoms with Crippen LogP contribution >= 0.6 is 0 Å². The number of carbonyl (C=O) groups is 1. The quantitative estimate of drug-likeness (QED) is 0.632. The van der Waals surface area contributed by atoms with Crippen molar-refractivity contribution in [2.45, 2.75) is 44.6 Å². The highest BCUT2D eigenvalue weighted by molar-refractivity contribution is 5.92. The molecule has 20 heavy (non-hydrogen) atoms. The molecule has 2 unspecified atom stereocenters. The summed E-state index contributed by atoms with van der Waals surface area (Å²) >= 11 is 0. The first-order valence-corrected chi connectivity index (χ1v) is 7.39. The summed E-state index contributed by atoms with van der Waals surface area (Å²) in [6.07, 6.45) is 10.3. The molecule has 6 heteroatoms. The van der Waals surface area contributed by atoms with Crippen molar-refractivity contribution in [2.24, 2.45) is 11.8 Å². The Morgan fingerprint density at radius 2 is 2.05 bits per heavy atom. The molecule has 1 aliphatic heterocycles. The number of amides is 1. The Labute approximate surface area is 118 Å². The van der Waals surface area contributed by atoms with Gasteiger partial charge in [0.2, 0.25) is 0 Å². The first-order valence-electron chi connectivity index (χ1n) is 7.39. The van der Waals surface area contributed by atoms with Crippen LogP contribution in [0, 0.1) is 5.92 Å². The molecule has 3 rings (SSSR count). The highest BCUT2D eigenvalue weighted by atomic mass is 16.2. The van der Waals surface area contributed by atoms with Crippen LogP contribution in [0.25, 0.3) is 0 Å². The summed E-state index contributed by atoms with van der Waals surface area (Å²) < 4.78 is 0. The van der Waals surface area contributed by atoms with Gasteiger partial charge in [0.15, 0.2) is 5.82 Å². The Hall–Kier alpha value is -1.69. The van der Waals surface area contributed by atoms with Crippen molar-refractivity contribution < 1.29 is 4.79 Å². The molecular formula is C14H21N5O. The molecule has 0 bridgehead atoms. The van der Waals surface area contributed by atoms with E-state index in [-0.39, 0.29) is 5.91 Å². The van der Waals surface area contributed by atoms with Gasteiger partial charge >= 0.3 is 0 Å². The molecule has 1 aromatic rings. The smallest absolute Gasteiger partial charge is 0.274 e. The number of likely N-dealkylation sites (tertiary alicyclic amines) is 1. The van der Waals surface area contributed by atoms with Crippen LogP contribution in [0.5, 0.6) is 0 Å². The average molecular weight is 275 g/mol. The molecule has 0 spiro atoms. The van der Waals surface area contributed by atoms with Crippen molar-refractivity contribution in [3.63, 3.8) is 0 Å². The van der Waals surface area contributed by atoms with Crippen molar-refractivity contribution in [2.75, 3.05) is 12.0 Å². The standard InChI is InChI=1S/C14H21N5O/c15-18-13-9-16-8-11(17-13)14(20)19-7-3-5-10-4-1-2-6-12(10)19/h8-10,12H,1-7,15H2,(H,17,18). The summed E-state index contributed by atoms with van der Waals surface area (Å²) in [7, 11) is 0. The summed E-state index contributed by atoms with van der Waals surface area (Å²) in [6, 6.07) is 0.390. The van der Waals surface area contributed by atoms with E-state index in [9.17, 15) is 4.79 Å². The van der Waals surface area contributed by atoms with Gasteiger partial charge in [-0.25, -0.2) is 10.8 Å². The van der Waals surface area contributed by atoms with Crippen molar-refractivity contribution in [3.05, 3.63) is 18.1 Å². The van der Waals surface area contributed by atoms with Gasteiger partial charge in [-0.2, -0.15) is 0 Å². The van der Waals surface area contributed by atoms with E-state index < -0.39 is 0 Å². The Kier molecular flexibility index (Phi) is 3.82. The van der Waals surface area contributed by atoms with Crippen LogP contribution in [0.2, 0.25) is 0 Å². The van der Waals surface area contributed by atoms with Gasteiger partial charge in [-0.15, -0.1) is 0 Å². The maximum Gasteiger partial charge on any atom is 0.274 e. The second kappa shape index (κ2) is 5.75. The maximum atomic E-state index is 12.7. The molecule has 1 saturated heterocycles. The van der Waals surface area contributed by atoms with Crippen LogP contribution in [0.4, 0.5) is 5.82 Å². The third-order valence-corrected chi connectivity index (χ3v) is 4.51. The molecule has 2 heterocycles. The fourth-order valence-corrected chi connectivity index (χ4v) is 3.56. The van der Waals surface area contributed by atoms with E-state index in [1.165, 1.54) is 38.1 Å². The molecule has 1 saturated carbocycles. The van der Waals surface area contributed by atoms with E-state index in [0.717, 1.165) is 19.4 Å². The van der Waals surface area contributed by atoms with E-state index in [1.807, 2.05) is 4.90 Å². The number of aromatic nitrogens is 2. The first-order chi connectivity index (χ1) is 9.79. The van der Waals surface area contributed by atoms with Crippen LogP contribution in [0.3, 0.4) is 0 Å². The summed E-state index contributed by atoms with van der Waals surface area (Å²) in [6.45, 7) is 0.835. The van der Waals surface area contributed by atoms with Crippen LogP contribution in [0.15, 0.2) is 12.4 Å². The van der Waals surface area contributed by atoms with E-state index in [1.54, 1.807) is 0 Å². The number of piperidine rings is 1. The molecule has 6 nitrogen and oxygen atoms in total. The SMILES string of the molecule is NNc1cncc(C(=O)N2CCCC3CCCCC32)n1. The van der Waals surface area contributed by atoms with Crippen molar-refractivity contribution in [1.82, 2.24) is 14.9 Å². The third kappa shape index (κ3) is 2.47. The number of nitrogens with one attached hydrogen (secondary N) is 1. The predicted octanol–water partition coefficient (Wildman–Crippen LogP) is 1.56. The zero-order valence-electron chi connectivity index (χ0n) is 11.6. The number of carbonyl (C=O) groups excluding carboxylic acids is 1. The fraction of sp³-hybridized carbons (Fsp3) is 0.643. The monoisotopic (exact) mass is 275 g/mol. The van der Waals surface area contributed by atoms with E-state index in [2.05, 4.69) is 15.4 Å². The molecule has 1 aliphatic carbocycles. The molecule has 1 amide bonds. The van der Waals surface area contributed by atoms with Gasteiger partial charge in [-0.1, -0.05) is 12.8 Å². The zero-order chi connectivity index (χ0) is 13.9. The predicted molar refractivity (Wildman–Crippen MR) is 75.9 cm³/mol. The van der Waals surface area contributed by atoms with Crippen molar-refractivity contribution >= 4 is 11.7 Å². The molecule has 108 valence electrons. The molecule has 2 aliphatic rings. The van der Waals surface area contributed by atoms with Gasteiger partial charge in [0.25, 0.3) is 5.91 Å². The van der Waals surface area contributed by atoms with E-state index in [4.69, 9.17) is 5.84 Å². The Balaban J connectivity index is 1.81. The lowest BCUT2D eigenvalue weighted by molar-refractivity contribution is 0.0385. The topological polar surface area (TPSA) is 84.1 Å². The number of nitrogens with two attached hydrogens (primary N) is 1. The third-order valence-electron chi connectivity index (χ3n) is 4.51. The Morgan fingerprint density at radius 1 is 1.25 bits per heavy atom. The van der Waals surface area contributed by atoms with Gasteiger partial charge in [-0.05, 0) is 31.6 Å². The molecule has 0 aromatic carbocycles. The molecule has 1 aromatic heterocycles. The highest BCUT2D eigenvalue weighted by Gasteiger charge is 2.36. The summed E-state index contributed by atoms with van der Waals surface area (Å²) in [5.41, 5.74) is 2.82. The van der Waals surface area contributed by atoms with Gasteiger partial charge in [-0.3, -0.25) is 9.78 Å². The molecule has 3 N–H and O–H groups in total. The van der Waals surface area contributed by atoms with Gasteiger partial charge in [0, 0.05) is 12.6 Å². The summed E-state index contributed by atoms with van der Waals surface area (Å²) in [5.74, 6) is 6.41. The summed E-state index contributed by atoms with van der Waals surface area (Å²) in [4.78, 5) is 22.9. The lowest BCUT2D eigenvalue weighted by Crippen LogP contribution is -2.49. The minimum absolute atomic E-state index is 0.00815. The highest BCUT2D eigenvalue weighted by Crippen LogP contribution is 2.35. The minimum atomic E-state index is -0.00815. The maximum absolute atomic E-state index is 12.7. The average Bonchev–Trinajstić information content (AvgIpc) is 2.53. The van der Waals surface area contributed by atoms with Crippen LogP contribution in [-0.2, 0) is 0 Å². The lowest BCUT2D eigenvalue weighted by Gasteiger charge is -2.44. The number of anilines is 1. The molecule has 2 fully saturated rings. The fourth-order valence-electron chi connectivity index (χ4n) is 3.56. The number of fused-ring (bicyclic) bond motifs is 1. The first kappa shape index (κ1) is 13.3. The van der Waals surface area contributed by atoms with Gasteiger partial charge < -0.3 is 10.3 Å². The van der Waals surface area contributed by atoms with Crippen LogP contribution < -0.4 is 11.3 Å². The second-order valence-electron chi connectivity index (χ2n) is 5.69. The normalized spacial score (nSPS) is 25.9. The number of hydrazine groups is 1. The zero-order valence-corrected chi connectivity index (χ0v) is 11.6. The van der Waals surface area contributed by atoms with Crippen molar-refractivity contribution in [3.8, 4) is 0 Å². The lowest BCUT2D eigenvalue weighted by atomic mass is 9.78. The summed E-state index contributed by atoms with van der Waals surface area (Å²) in [5, 5.41) is 0. The number of nitrogens with zero attached hydrogens (tertiary/aromatic N) is 3. The number of rotatable bonds is 2. The molecular weight excluding hydrogens is 254 g/mol. The Morgan fingerprint density at radius 3 is 2.90 bits per heavy atom. The van der Waals surface area contributed by atoms with E-state index in [0.29, 0.717) is 23.5 Å². The van der Waals surface area contributed by atoms with Crippen LogP contribution in [-0.4, -0.2) is 33.4 Å². The Bertz CT molecular complexity index is 490. The minimum Gasteiger partial charge on any atom is -0.334 e. The van der Waals surface area contributed by atoms with Gasteiger partial charge in [0.1, 0.15) is 5.69 Å².